The molecule has 1 aliphatic rings. The lowest BCUT2D eigenvalue weighted by molar-refractivity contribution is -0.117. The van der Waals surface area contributed by atoms with Gasteiger partial charge < -0.3 is 5.32 Å². The van der Waals surface area contributed by atoms with Crippen molar-refractivity contribution in [3.05, 3.63) is 50.7 Å². The number of carbonyl (C=O) groups excluding carboxylic acids is 2. The predicted molar refractivity (Wildman–Crippen MR) is 94.3 cm³/mol. The number of ketones is 1. The van der Waals surface area contributed by atoms with E-state index in [2.05, 4.69) is 5.32 Å². The van der Waals surface area contributed by atoms with Crippen molar-refractivity contribution in [2.45, 2.75) is 33.1 Å². The van der Waals surface area contributed by atoms with E-state index in [1.165, 1.54) is 21.8 Å². The van der Waals surface area contributed by atoms with E-state index in [9.17, 15) is 14.9 Å². The van der Waals surface area contributed by atoms with Gasteiger partial charge in [-0.05, 0) is 61.9 Å². The molecule has 4 nitrogen and oxygen atoms in total. The Balaban J connectivity index is 1.80. The SMILES string of the molecule is Cc1ccc(C)c(NC(=O)[C@H](C#N)C(=O)c2cc3c(s2)CCC3)c1. The van der Waals surface area contributed by atoms with E-state index in [-0.39, 0.29) is 0 Å². The van der Waals surface area contributed by atoms with Crippen LogP contribution in [0.5, 0.6) is 0 Å². The van der Waals surface area contributed by atoms with Crippen LogP contribution in [0.25, 0.3) is 0 Å². The number of aryl methyl sites for hydroxylation is 4. The fourth-order valence-corrected chi connectivity index (χ4v) is 4.13. The molecule has 1 aromatic heterocycles. The Kier molecular flexibility index (Phi) is 4.50. The van der Waals surface area contributed by atoms with Crippen molar-refractivity contribution in [3.8, 4) is 6.07 Å². The molecule has 0 unspecified atom stereocenters. The number of fused-ring (bicyclic) bond motifs is 1. The molecule has 2 aromatic rings. The lowest BCUT2D eigenvalue weighted by atomic mass is 10.0. The van der Waals surface area contributed by atoms with Crippen LogP contribution in [0.15, 0.2) is 24.3 Å². The number of rotatable bonds is 4. The Hall–Kier alpha value is -2.45. The molecular formula is C19H18N2O2S. The van der Waals surface area contributed by atoms with Crippen molar-refractivity contribution in [3.63, 3.8) is 0 Å². The number of hydrogen-bond acceptors (Lipinski definition) is 4. The lowest BCUT2D eigenvalue weighted by Gasteiger charge is -2.11. The minimum Gasteiger partial charge on any atom is -0.324 e. The Morgan fingerprint density at radius 1 is 1.25 bits per heavy atom. The average Bonchev–Trinajstić information content (AvgIpc) is 3.13. The summed E-state index contributed by atoms with van der Waals surface area (Å²) in [6.45, 7) is 3.80. The lowest BCUT2D eigenvalue weighted by Crippen LogP contribution is -2.28. The largest absolute Gasteiger partial charge is 0.324 e. The number of hydrogen-bond donors (Lipinski definition) is 1. The zero-order valence-electron chi connectivity index (χ0n) is 13.7. The van der Waals surface area contributed by atoms with Gasteiger partial charge in [-0.25, -0.2) is 0 Å². The minimum absolute atomic E-state index is 0.403. The van der Waals surface area contributed by atoms with Crippen LogP contribution in [0.3, 0.4) is 0 Å². The van der Waals surface area contributed by atoms with E-state index in [4.69, 9.17) is 0 Å². The molecule has 5 heteroatoms. The van der Waals surface area contributed by atoms with E-state index >= 15 is 0 Å². The summed E-state index contributed by atoms with van der Waals surface area (Å²) in [6.07, 6.45) is 3.08. The highest BCUT2D eigenvalue weighted by Gasteiger charge is 2.30. The first kappa shape index (κ1) is 16.4. The molecule has 24 heavy (non-hydrogen) atoms. The van der Waals surface area contributed by atoms with Crippen LogP contribution in [0, 0.1) is 31.1 Å². The zero-order valence-corrected chi connectivity index (χ0v) is 14.5. The number of Topliss-reactive ketones (excluding diaryl/α,β-unsaturated/α-hetero) is 1. The summed E-state index contributed by atoms with van der Waals surface area (Å²) in [6, 6.07) is 9.41. The van der Waals surface area contributed by atoms with Crippen molar-refractivity contribution in [2.24, 2.45) is 5.92 Å². The summed E-state index contributed by atoms with van der Waals surface area (Å²) in [7, 11) is 0. The van der Waals surface area contributed by atoms with Gasteiger partial charge in [-0.3, -0.25) is 9.59 Å². The van der Waals surface area contributed by atoms with Crippen LogP contribution >= 0.6 is 11.3 Å². The van der Waals surface area contributed by atoms with Crippen LogP contribution in [0.1, 0.15) is 37.7 Å². The summed E-state index contributed by atoms with van der Waals surface area (Å²) >= 11 is 1.42. The van der Waals surface area contributed by atoms with Crippen LogP contribution in [-0.2, 0) is 17.6 Å². The first-order valence-electron chi connectivity index (χ1n) is 7.93. The number of anilines is 1. The smallest absolute Gasteiger partial charge is 0.249 e. The maximum absolute atomic E-state index is 12.6. The van der Waals surface area contributed by atoms with Gasteiger partial charge in [-0.2, -0.15) is 5.26 Å². The quantitative estimate of drug-likeness (QED) is 0.680. The minimum atomic E-state index is -1.32. The van der Waals surface area contributed by atoms with Crippen molar-refractivity contribution >= 4 is 28.7 Å². The van der Waals surface area contributed by atoms with Gasteiger partial charge in [0.05, 0.1) is 10.9 Å². The first-order chi connectivity index (χ1) is 11.5. The monoisotopic (exact) mass is 338 g/mol. The molecule has 0 aliphatic heterocycles. The van der Waals surface area contributed by atoms with Crippen LogP contribution in [-0.4, -0.2) is 11.7 Å². The van der Waals surface area contributed by atoms with Crippen LogP contribution < -0.4 is 5.32 Å². The Morgan fingerprint density at radius 2 is 2.04 bits per heavy atom. The van der Waals surface area contributed by atoms with Gasteiger partial charge in [0, 0.05) is 10.6 Å². The number of thiophene rings is 1. The number of nitrogens with one attached hydrogen (secondary N) is 1. The molecule has 1 amide bonds. The number of amides is 1. The van der Waals surface area contributed by atoms with Crippen molar-refractivity contribution in [1.82, 2.24) is 0 Å². The zero-order chi connectivity index (χ0) is 17.3. The van der Waals surface area contributed by atoms with E-state index in [0.29, 0.717) is 10.6 Å². The standard InChI is InChI=1S/C19H18N2O2S/c1-11-6-7-12(2)15(8-11)21-19(23)14(10-20)18(22)17-9-13-4-3-5-16(13)24-17/h6-9,14H,3-5H2,1-2H3,(H,21,23)/t14-/m1/s1. The van der Waals surface area contributed by atoms with Gasteiger partial charge in [0.25, 0.3) is 0 Å². The number of carbonyl (C=O) groups is 2. The molecule has 1 aromatic carbocycles. The molecule has 122 valence electrons. The van der Waals surface area contributed by atoms with E-state index in [1.807, 2.05) is 44.2 Å². The highest BCUT2D eigenvalue weighted by Crippen LogP contribution is 2.32. The maximum atomic E-state index is 12.6. The molecular weight excluding hydrogens is 320 g/mol. The normalized spacial score (nSPS) is 13.9. The van der Waals surface area contributed by atoms with Crippen molar-refractivity contribution in [1.29, 1.82) is 5.26 Å². The summed E-state index contributed by atoms with van der Waals surface area (Å²) in [5.74, 6) is -2.28. The van der Waals surface area contributed by atoms with E-state index in [1.54, 1.807) is 0 Å². The molecule has 1 N–H and O–H groups in total. The molecule has 1 aliphatic carbocycles. The number of nitrogens with zero attached hydrogens (tertiary/aromatic N) is 1. The molecule has 0 saturated carbocycles. The molecule has 1 heterocycles. The first-order valence-corrected chi connectivity index (χ1v) is 8.75. The third-order valence-electron chi connectivity index (χ3n) is 4.29. The van der Waals surface area contributed by atoms with Gasteiger partial charge in [-0.1, -0.05) is 12.1 Å². The van der Waals surface area contributed by atoms with Crippen LogP contribution in [0.4, 0.5) is 5.69 Å². The molecule has 3 rings (SSSR count). The molecule has 0 saturated heterocycles. The fraction of sp³-hybridized carbons (Fsp3) is 0.316. The summed E-state index contributed by atoms with van der Waals surface area (Å²) in [5, 5.41) is 12.1. The van der Waals surface area contributed by atoms with E-state index in [0.717, 1.165) is 30.4 Å². The van der Waals surface area contributed by atoms with Gasteiger partial charge in [0.15, 0.2) is 11.7 Å². The molecule has 1 atom stereocenters. The predicted octanol–water partition coefficient (Wildman–Crippen LogP) is 3.81. The number of benzene rings is 1. The second-order valence-electron chi connectivity index (χ2n) is 6.15. The van der Waals surface area contributed by atoms with E-state index < -0.39 is 17.6 Å². The topological polar surface area (TPSA) is 70.0 Å². The Morgan fingerprint density at radius 3 is 2.75 bits per heavy atom. The van der Waals surface area contributed by atoms with Crippen molar-refractivity contribution in [2.75, 3.05) is 5.32 Å². The van der Waals surface area contributed by atoms with Gasteiger partial charge in [0.2, 0.25) is 5.91 Å². The Bertz CT molecular complexity index is 839. The Labute approximate surface area is 145 Å². The summed E-state index contributed by atoms with van der Waals surface area (Å²) < 4.78 is 0. The molecule has 0 bridgehead atoms. The summed E-state index contributed by atoms with van der Waals surface area (Å²) in [5.41, 5.74) is 3.73. The third kappa shape index (κ3) is 3.10. The second-order valence-corrected chi connectivity index (χ2v) is 7.28. The second kappa shape index (κ2) is 6.58. The third-order valence-corrected chi connectivity index (χ3v) is 5.55. The van der Waals surface area contributed by atoms with Gasteiger partial charge in [0.1, 0.15) is 0 Å². The molecule has 0 fully saturated rings. The highest BCUT2D eigenvalue weighted by atomic mass is 32.1. The molecule has 0 spiro atoms. The van der Waals surface area contributed by atoms with Gasteiger partial charge in [-0.15, -0.1) is 11.3 Å². The van der Waals surface area contributed by atoms with Crippen LogP contribution in [0.2, 0.25) is 0 Å². The fourth-order valence-electron chi connectivity index (χ4n) is 2.90. The van der Waals surface area contributed by atoms with Crippen molar-refractivity contribution < 1.29 is 9.59 Å². The molecule has 0 radical (unpaired) electrons. The summed E-state index contributed by atoms with van der Waals surface area (Å²) in [4.78, 5) is 26.8. The average molecular weight is 338 g/mol. The van der Waals surface area contributed by atoms with Gasteiger partial charge >= 0.3 is 0 Å². The highest BCUT2D eigenvalue weighted by molar-refractivity contribution is 7.14. The maximum Gasteiger partial charge on any atom is 0.249 e. The number of nitriles is 1.